The van der Waals surface area contributed by atoms with Gasteiger partial charge in [0, 0.05) is 30.6 Å². The van der Waals surface area contributed by atoms with Gasteiger partial charge in [0.2, 0.25) is 0 Å². The van der Waals surface area contributed by atoms with Crippen molar-refractivity contribution in [1.82, 2.24) is 19.2 Å². The third kappa shape index (κ3) is 3.90. The molecule has 0 aliphatic carbocycles. The number of aromatic nitrogens is 4. The molecule has 0 saturated carbocycles. The molecule has 1 N–H and O–H groups in total. The minimum Gasteiger partial charge on any atom is -0.495 e. The number of hydrogen-bond acceptors (Lipinski definition) is 4. The largest absolute Gasteiger partial charge is 0.495 e. The Labute approximate surface area is 195 Å². The second-order valence-corrected chi connectivity index (χ2v) is 7.96. The summed E-state index contributed by atoms with van der Waals surface area (Å²) >= 11 is 0. The molecule has 0 aliphatic rings. The van der Waals surface area contributed by atoms with Crippen LogP contribution in [0.1, 0.15) is 16.1 Å². The average Bonchev–Trinajstić information content (AvgIpc) is 3.44. The molecule has 0 atom stereocenters. The molecule has 2 aromatic carbocycles. The lowest BCUT2D eigenvalue weighted by Crippen LogP contribution is -2.16. The van der Waals surface area contributed by atoms with Crippen LogP contribution in [0.25, 0.3) is 28.2 Å². The monoisotopic (exact) mass is 455 g/mol. The predicted octanol–water partition coefficient (Wildman–Crippen LogP) is 5.11. The number of carbonyl (C=O) groups excluding carboxylic acids is 1. The second-order valence-electron chi connectivity index (χ2n) is 7.96. The Hall–Kier alpha value is -4.46. The molecule has 170 valence electrons. The molecule has 0 spiro atoms. The van der Waals surface area contributed by atoms with Gasteiger partial charge in [-0.3, -0.25) is 9.48 Å². The lowest BCUT2D eigenvalue weighted by molar-refractivity contribution is 0.101. The summed E-state index contributed by atoms with van der Waals surface area (Å²) < 4.78 is 22.2. The standard InChI is InChI=1S/C26H22FN5O2/c1-16-5-4-12-32-15-22(28-25(16)32)18-8-11-24(34-3)21(13-18)29-26(33)23-14-20(30-31(23)2)17-6-9-19(27)10-7-17/h4-15H,1-3H3,(H,29,33). The molecule has 8 heteroatoms. The van der Waals surface area contributed by atoms with Crippen molar-refractivity contribution in [1.29, 1.82) is 0 Å². The van der Waals surface area contributed by atoms with Crippen molar-refractivity contribution >= 4 is 17.2 Å². The van der Waals surface area contributed by atoms with Crippen LogP contribution in [-0.4, -0.2) is 32.2 Å². The van der Waals surface area contributed by atoms with Crippen LogP contribution < -0.4 is 10.1 Å². The van der Waals surface area contributed by atoms with E-state index in [0.29, 0.717) is 22.8 Å². The number of benzene rings is 2. The maximum absolute atomic E-state index is 13.3. The van der Waals surface area contributed by atoms with Gasteiger partial charge < -0.3 is 14.5 Å². The lowest BCUT2D eigenvalue weighted by Gasteiger charge is -2.11. The number of carbonyl (C=O) groups is 1. The minimum absolute atomic E-state index is 0.328. The summed E-state index contributed by atoms with van der Waals surface area (Å²) in [5, 5.41) is 7.33. The molecule has 3 heterocycles. The Kier molecular flexibility index (Phi) is 5.33. The molecule has 0 radical (unpaired) electrons. The molecule has 5 aromatic rings. The van der Waals surface area contributed by atoms with Crippen molar-refractivity contribution in [3.63, 3.8) is 0 Å². The fourth-order valence-corrected chi connectivity index (χ4v) is 3.89. The topological polar surface area (TPSA) is 73.5 Å². The van der Waals surface area contributed by atoms with Gasteiger partial charge in [-0.2, -0.15) is 5.10 Å². The number of amides is 1. The molecular formula is C26H22FN5O2. The number of nitrogens with zero attached hydrogens (tertiary/aromatic N) is 4. The first-order chi connectivity index (χ1) is 16.4. The minimum atomic E-state index is -0.343. The Morgan fingerprint density at radius 2 is 1.79 bits per heavy atom. The van der Waals surface area contributed by atoms with E-state index in [2.05, 4.69) is 10.4 Å². The zero-order valence-corrected chi connectivity index (χ0v) is 18.9. The summed E-state index contributed by atoms with van der Waals surface area (Å²) in [4.78, 5) is 17.9. The highest BCUT2D eigenvalue weighted by atomic mass is 19.1. The van der Waals surface area contributed by atoms with E-state index in [0.717, 1.165) is 28.0 Å². The maximum Gasteiger partial charge on any atom is 0.274 e. The zero-order valence-electron chi connectivity index (χ0n) is 18.9. The van der Waals surface area contributed by atoms with Gasteiger partial charge in [-0.1, -0.05) is 6.07 Å². The van der Waals surface area contributed by atoms with Crippen molar-refractivity contribution in [3.05, 3.63) is 90.1 Å². The number of ether oxygens (including phenoxy) is 1. The van der Waals surface area contributed by atoms with Crippen molar-refractivity contribution in [2.24, 2.45) is 7.05 Å². The number of anilines is 1. The van der Waals surface area contributed by atoms with E-state index >= 15 is 0 Å². The van der Waals surface area contributed by atoms with Gasteiger partial charge in [-0.15, -0.1) is 0 Å². The Balaban J connectivity index is 1.46. The summed E-state index contributed by atoms with van der Waals surface area (Å²) in [5.74, 6) is -0.145. The average molecular weight is 455 g/mol. The van der Waals surface area contributed by atoms with Crippen molar-refractivity contribution in [2.45, 2.75) is 6.92 Å². The summed E-state index contributed by atoms with van der Waals surface area (Å²) in [6.45, 7) is 2.01. The summed E-state index contributed by atoms with van der Waals surface area (Å²) in [5.41, 5.74) is 5.75. The number of rotatable bonds is 5. The smallest absolute Gasteiger partial charge is 0.274 e. The third-order valence-corrected chi connectivity index (χ3v) is 5.67. The second kappa shape index (κ2) is 8.47. The number of nitrogens with one attached hydrogen (secondary N) is 1. The first kappa shape index (κ1) is 21.4. The quantitative estimate of drug-likeness (QED) is 0.400. The van der Waals surface area contributed by atoms with Gasteiger partial charge >= 0.3 is 0 Å². The maximum atomic E-state index is 13.3. The summed E-state index contributed by atoms with van der Waals surface area (Å²) in [6, 6.07) is 17.2. The van der Waals surface area contributed by atoms with Crippen LogP contribution in [-0.2, 0) is 7.05 Å². The van der Waals surface area contributed by atoms with E-state index in [1.54, 1.807) is 38.4 Å². The van der Waals surface area contributed by atoms with Gasteiger partial charge in [-0.05, 0) is 67.1 Å². The molecule has 5 rings (SSSR count). The molecule has 0 fully saturated rings. The predicted molar refractivity (Wildman–Crippen MR) is 128 cm³/mol. The van der Waals surface area contributed by atoms with Crippen molar-refractivity contribution in [2.75, 3.05) is 12.4 Å². The molecule has 34 heavy (non-hydrogen) atoms. The van der Waals surface area contributed by atoms with E-state index in [1.807, 2.05) is 48.0 Å². The number of hydrogen-bond donors (Lipinski definition) is 1. The van der Waals surface area contributed by atoms with Crippen LogP contribution in [0, 0.1) is 12.7 Å². The molecule has 3 aromatic heterocycles. The van der Waals surface area contributed by atoms with E-state index < -0.39 is 0 Å². The molecule has 7 nitrogen and oxygen atoms in total. The zero-order chi connectivity index (χ0) is 23.8. The van der Waals surface area contributed by atoms with Crippen molar-refractivity contribution < 1.29 is 13.9 Å². The SMILES string of the molecule is COc1ccc(-c2cn3cccc(C)c3n2)cc1NC(=O)c1cc(-c2ccc(F)cc2)nn1C. The molecular weight excluding hydrogens is 433 g/mol. The van der Waals surface area contributed by atoms with Crippen LogP contribution in [0.5, 0.6) is 5.75 Å². The van der Waals surface area contributed by atoms with Crippen LogP contribution in [0.15, 0.2) is 73.1 Å². The number of fused-ring (bicyclic) bond motifs is 1. The lowest BCUT2D eigenvalue weighted by atomic mass is 10.1. The van der Waals surface area contributed by atoms with E-state index in [9.17, 15) is 9.18 Å². The molecule has 0 bridgehead atoms. The molecule has 0 unspecified atom stereocenters. The first-order valence-corrected chi connectivity index (χ1v) is 10.7. The van der Waals surface area contributed by atoms with Crippen LogP contribution >= 0.6 is 0 Å². The van der Waals surface area contributed by atoms with Crippen molar-refractivity contribution in [3.8, 4) is 28.3 Å². The fourth-order valence-electron chi connectivity index (χ4n) is 3.89. The number of pyridine rings is 1. The highest BCUT2D eigenvalue weighted by Crippen LogP contribution is 2.31. The van der Waals surface area contributed by atoms with Gasteiger partial charge in [0.15, 0.2) is 0 Å². The number of imidazole rings is 1. The van der Waals surface area contributed by atoms with Gasteiger partial charge in [-0.25, -0.2) is 9.37 Å². The van der Waals surface area contributed by atoms with E-state index in [4.69, 9.17) is 9.72 Å². The Bertz CT molecular complexity index is 1520. The highest BCUT2D eigenvalue weighted by molar-refractivity contribution is 6.04. The molecule has 1 amide bonds. The molecule has 0 aliphatic heterocycles. The third-order valence-electron chi connectivity index (χ3n) is 5.67. The van der Waals surface area contributed by atoms with Gasteiger partial charge in [0.1, 0.15) is 22.9 Å². The fraction of sp³-hybridized carbons (Fsp3) is 0.115. The Morgan fingerprint density at radius 1 is 1.03 bits per heavy atom. The van der Waals surface area contributed by atoms with Gasteiger partial charge in [0.05, 0.1) is 24.2 Å². The number of methoxy groups -OCH3 is 1. The number of halogens is 1. The Morgan fingerprint density at radius 3 is 2.53 bits per heavy atom. The van der Waals surface area contributed by atoms with Crippen LogP contribution in [0.2, 0.25) is 0 Å². The van der Waals surface area contributed by atoms with E-state index in [1.165, 1.54) is 16.8 Å². The molecule has 0 saturated heterocycles. The van der Waals surface area contributed by atoms with Crippen LogP contribution in [0.3, 0.4) is 0 Å². The summed E-state index contributed by atoms with van der Waals surface area (Å²) in [7, 11) is 3.24. The van der Waals surface area contributed by atoms with Gasteiger partial charge in [0.25, 0.3) is 5.91 Å². The summed E-state index contributed by atoms with van der Waals surface area (Å²) in [6.07, 6.45) is 3.90. The van der Waals surface area contributed by atoms with E-state index in [-0.39, 0.29) is 11.7 Å². The number of aryl methyl sites for hydroxylation is 2. The first-order valence-electron chi connectivity index (χ1n) is 10.7. The normalized spacial score (nSPS) is 11.1. The van der Waals surface area contributed by atoms with Crippen LogP contribution in [0.4, 0.5) is 10.1 Å². The highest BCUT2D eigenvalue weighted by Gasteiger charge is 2.17.